The van der Waals surface area contributed by atoms with Crippen molar-refractivity contribution in [2.75, 3.05) is 0 Å². The molecule has 0 bridgehead atoms. The van der Waals surface area contributed by atoms with Crippen molar-refractivity contribution in [3.05, 3.63) is 59.1 Å². The maximum Gasteiger partial charge on any atom is 0.337 e. The first-order valence-corrected chi connectivity index (χ1v) is 6.64. The smallest absolute Gasteiger partial charge is 0.337 e. The number of carboxylic acids is 1. The Morgan fingerprint density at radius 3 is 2.25 bits per heavy atom. The predicted octanol–water partition coefficient (Wildman–Crippen LogP) is 4.94. The molecule has 96 valence electrons. The Labute approximate surface area is 119 Å². The largest absolute Gasteiger partial charge is 0.478 e. The molecule has 0 aliphatic heterocycles. The van der Waals surface area contributed by atoms with E-state index in [0.29, 0.717) is 5.39 Å². The lowest BCUT2D eigenvalue weighted by Crippen LogP contribution is -1.99. The van der Waals surface area contributed by atoms with Crippen LogP contribution in [0.25, 0.3) is 32.3 Å². The first-order chi connectivity index (χ1) is 9.66. The van der Waals surface area contributed by atoms with E-state index in [0.717, 1.165) is 26.9 Å². The maximum absolute atomic E-state index is 11.5. The maximum atomic E-state index is 11.5. The molecule has 0 aliphatic rings. The number of aromatic carboxylic acids is 1. The van der Waals surface area contributed by atoms with Crippen LogP contribution in [0.4, 0.5) is 0 Å². The Morgan fingerprint density at radius 1 is 0.900 bits per heavy atom. The molecule has 0 unspecified atom stereocenters. The zero-order valence-electron chi connectivity index (χ0n) is 10.4. The number of rotatable bonds is 1. The van der Waals surface area contributed by atoms with E-state index in [1.54, 1.807) is 6.07 Å². The van der Waals surface area contributed by atoms with Gasteiger partial charge in [-0.1, -0.05) is 54.1 Å². The molecule has 3 heteroatoms. The third-order valence-electron chi connectivity index (χ3n) is 3.81. The van der Waals surface area contributed by atoms with Crippen LogP contribution < -0.4 is 0 Å². The first kappa shape index (κ1) is 11.5. The van der Waals surface area contributed by atoms with Gasteiger partial charge in [0.05, 0.1) is 10.6 Å². The quantitative estimate of drug-likeness (QED) is 0.502. The van der Waals surface area contributed by atoms with Crippen molar-refractivity contribution in [1.82, 2.24) is 0 Å². The van der Waals surface area contributed by atoms with E-state index in [4.69, 9.17) is 11.6 Å². The van der Waals surface area contributed by atoms with Crippen molar-refractivity contribution in [2.24, 2.45) is 0 Å². The summed E-state index contributed by atoms with van der Waals surface area (Å²) in [6, 6.07) is 15.6. The first-order valence-electron chi connectivity index (χ1n) is 6.26. The van der Waals surface area contributed by atoms with Crippen LogP contribution in [0, 0.1) is 0 Å². The second-order valence-corrected chi connectivity index (χ2v) is 5.30. The molecule has 20 heavy (non-hydrogen) atoms. The summed E-state index contributed by atoms with van der Waals surface area (Å²) in [6.07, 6.45) is 0. The van der Waals surface area contributed by atoms with E-state index in [-0.39, 0.29) is 10.6 Å². The molecule has 0 saturated heterocycles. The molecule has 0 aromatic heterocycles. The average molecular weight is 281 g/mol. The van der Waals surface area contributed by atoms with Crippen molar-refractivity contribution in [3.8, 4) is 0 Å². The van der Waals surface area contributed by atoms with Gasteiger partial charge in [0.25, 0.3) is 0 Å². The van der Waals surface area contributed by atoms with Crippen LogP contribution in [-0.2, 0) is 0 Å². The Kier molecular flexibility index (Phi) is 2.21. The van der Waals surface area contributed by atoms with E-state index in [1.165, 1.54) is 0 Å². The van der Waals surface area contributed by atoms with Gasteiger partial charge in [-0.15, -0.1) is 0 Å². The zero-order valence-corrected chi connectivity index (χ0v) is 11.1. The van der Waals surface area contributed by atoms with Gasteiger partial charge in [-0.3, -0.25) is 0 Å². The van der Waals surface area contributed by atoms with Gasteiger partial charge in [0, 0.05) is 0 Å². The summed E-state index contributed by atoms with van der Waals surface area (Å²) in [5, 5.41) is 15.7. The molecule has 0 saturated carbocycles. The van der Waals surface area contributed by atoms with Gasteiger partial charge in [-0.2, -0.15) is 0 Å². The molecule has 0 fully saturated rings. The zero-order chi connectivity index (χ0) is 13.9. The van der Waals surface area contributed by atoms with Crippen molar-refractivity contribution < 1.29 is 9.90 Å². The lowest BCUT2D eigenvalue weighted by Gasteiger charge is -2.13. The van der Waals surface area contributed by atoms with Gasteiger partial charge in [0.2, 0.25) is 0 Å². The number of hydrogen-bond donors (Lipinski definition) is 1. The monoisotopic (exact) mass is 280 g/mol. The minimum absolute atomic E-state index is 0.178. The van der Waals surface area contributed by atoms with Gasteiger partial charge in [0.15, 0.2) is 0 Å². The molecule has 1 N–H and O–H groups in total. The minimum atomic E-state index is -0.993. The lowest BCUT2D eigenvalue weighted by molar-refractivity contribution is 0.0699. The van der Waals surface area contributed by atoms with Gasteiger partial charge in [-0.05, 0) is 38.4 Å². The Morgan fingerprint density at radius 2 is 1.55 bits per heavy atom. The highest BCUT2D eigenvalue weighted by atomic mass is 35.5. The van der Waals surface area contributed by atoms with Crippen LogP contribution in [0.1, 0.15) is 10.4 Å². The third-order valence-corrected chi connectivity index (χ3v) is 4.11. The van der Waals surface area contributed by atoms with Gasteiger partial charge in [-0.25, -0.2) is 4.79 Å². The molecular formula is C17H9ClO2. The summed E-state index contributed by atoms with van der Waals surface area (Å²) in [5.74, 6) is -0.993. The summed E-state index contributed by atoms with van der Waals surface area (Å²) in [4.78, 5) is 11.5. The fraction of sp³-hybridized carbons (Fsp3) is 0. The van der Waals surface area contributed by atoms with Crippen LogP contribution in [0.2, 0.25) is 5.02 Å². The highest BCUT2D eigenvalue weighted by Gasteiger charge is 2.17. The van der Waals surface area contributed by atoms with Gasteiger partial charge < -0.3 is 5.11 Å². The number of carboxylic acid groups (broad SMARTS) is 1. The van der Waals surface area contributed by atoms with Crippen LogP contribution >= 0.6 is 11.6 Å². The number of carbonyl (C=O) groups is 1. The highest BCUT2D eigenvalue weighted by molar-refractivity contribution is 6.38. The van der Waals surface area contributed by atoms with Crippen molar-refractivity contribution in [1.29, 1.82) is 0 Å². The Balaban J connectivity index is 2.39. The van der Waals surface area contributed by atoms with E-state index >= 15 is 0 Å². The predicted molar refractivity (Wildman–Crippen MR) is 82.1 cm³/mol. The van der Waals surface area contributed by atoms with E-state index in [9.17, 15) is 9.90 Å². The molecular weight excluding hydrogens is 272 g/mol. The topological polar surface area (TPSA) is 37.3 Å². The lowest BCUT2D eigenvalue weighted by atomic mass is 9.92. The summed E-state index contributed by atoms with van der Waals surface area (Å²) >= 11 is 6.14. The Bertz CT molecular complexity index is 973. The van der Waals surface area contributed by atoms with Crippen LogP contribution in [0.5, 0.6) is 0 Å². The van der Waals surface area contributed by atoms with Crippen LogP contribution in [-0.4, -0.2) is 11.1 Å². The minimum Gasteiger partial charge on any atom is -0.478 e. The summed E-state index contributed by atoms with van der Waals surface area (Å²) < 4.78 is 0. The van der Waals surface area contributed by atoms with Gasteiger partial charge >= 0.3 is 5.97 Å². The number of halogens is 1. The van der Waals surface area contributed by atoms with Crippen molar-refractivity contribution >= 4 is 49.9 Å². The molecule has 4 aromatic rings. The molecule has 0 amide bonds. The fourth-order valence-corrected chi connectivity index (χ4v) is 3.29. The Hall–Kier alpha value is -2.32. The molecule has 4 aromatic carbocycles. The van der Waals surface area contributed by atoms with E-state index in [1.807, 2.05) is 42.5 Å². The van der Waals surface area contributed by atoms with E-state index in [2.05, 4.69) is 0 Å². The average Bonchev–Trinajstić information content (AvgIpc) is 2.43. The standard InChI is InChI=1S/C17H9ClO2/c18-13-8-11-5-4-9-2-1-3-10-6-7-12(15(11)14(9)10)16(13)17(19)20/h1-8H,(H,19,20). The van der Waals surface area contributed by atoms with Crippen LogP contribution in [0.15, 0.2) is 48.5 Å². The molecule has 4 rings (SSSR count). The molecule has 0 aliphatic carbocycles. The SMILES string of the molecule is O=C(O)c1c(Cl)cc2ccc3cccc4ccc1c2c34. The highest BCUT2D eigenvalue weighted by Crippen LogP contribution is 2.38. The van der Waals surface area contributed by atoms with Crippen molar-refractivity contribution in [3.63, 3.8) is 0 Å². The van der Waals surface area contributed by atoms with E-state index < -0.39 is 5.97 Å². The fourth-order valence-electron chi connectivity index (χ4n) is 2.99. The van der Waals surface area contributed by atoms with Crippen LogP contribution in [0.3, 0.4) is 0 Å². The normalized spacial score (nSPS) is 11.7. The number of hydrogen-bond acceptors (Lipinski definition) is 1. The third kappa shape index (κ3) is 1.37. The summed E-state index contributed by atoms with van der Waals surface area (Å²) in [6.45, 7) is 0. The molecule has 2 nitrogen and oxygen atoms in total. The number of benzene rings is 4. The second-order valence-electron chi connectivity index (χ2n) is 4.89. The summed E-state index contributed by atoms with van der Waals surface area (Å²) in [7, 11) is 0. The molecule has 0 heterocycles. The molecule has 0 atom stereocenters. The molecule has 0 radical (unpaired) electrons. The summed E-state index contributed by atoms with van der Waals surface area (Å²) in [5.41, 5.74) is 0.178. The van der Waals surface area contributed by atoms with Crippen molar-refractivity contribution in [2.45, 2.75) is 0 Å². The van der Waals surface area contributed by atoms with Gasteiger partial charge in [0.1, 0.15) is 0 Å². The molecule has 0 spiro atoms. The second kappa shape index (κ2) is 3.84.